The van der Waals surface area contributed by atoms with E-state index in [0.29, 0.717) is 19.8 Å². The third-order valence-corrected chi connectivity index (χ3v) is 1.89. The zero-order chi connectivity index (χ0) is 15.8. The number of rotatable bonds is 7. The first-order valence-electron chi connectivity index (χ1n) is 7.78. The van der Waals surface area contributed by atoms with E-state index in [1.54, 1.807) is 0 Å². The van der Waals surface area contributed by atoms with Gasteiger partial charge in [-0.1, -0.05) is 53.4 Å². The minimum absolute atomic E-state index is 0. The van der Waals surface area contributed by atoms with E-state index in [9.17, 15) is 0 Å². The molecule has 0 saturated heterocycles. The molecule has 0 unspecified atom stereocenters. The molecular formula is C16H41O4Ti-. The van der Waals surface area contributed by atoms with Gasteiger partial charge >= 0.3 is 0 Å². The van der Waals surface area contributed by atoms with Gasteiger partial charge in [0.1, 0.15) is 0 Å². The summed E-state index contributed by atoms with van der Waals surface area (Å²) in [6.07, 6.45) is 8.39. The van der Waals surface area contributed by atoms with Crippen LogP contribution >= 0.6 is 0 Å². The Kier molecular flexibility index (Phi) is 106. The first kappa shape index (κ1) is 37.6. The quantitative estimate of drug-likeness (QED) is 0.489. The molecule has 0 aromatic rings. The Morgan fingerprint density at radius 2 is 0.810 bits per heavy atom. The van der Waals surface area contributed by atoms with Crippen LogP contribution in [0.15, 0.2) is 0 Å². The predicted molar refractivity (Wildman–Crippen MR) is 89.9 cm³/mol. The van der Waals surface area contributed by atoms with Crippen molar-refractivity contribution in [3.8, 4) is 0 Å². The molecule has 0 saturated carbocycles. The van der Waals surface area contributed by atoms with Crippen LogP contribution in [0.5, 0.6) is 0 Å². The van der Waals surface area contributed by atoms with E-state index in [0.717, 1.165) is 44.9 Å². The standard InChI is InChI=1S/3C4H10O.C4H9.H2O.Ti/c3*1-2-3-4-5;1-3-4-2;;/h3*5H,2-4H2,1H3;1,3-4H2,2H3;1H2;/q;;;-1;;. The zero-order valence-electron chi connectivity index (χ0n) is 14.8. The fourth-order valence-electron chi connectivity index (χ4n) is 0.474. The van der Waals surface area contributed by atoms with E-state index in [4.69, 9.17) is 15.3 Å². The monoisotopic (exact) mass is 345 g/mol. The number of unbranched alkanes of at least 4 members (excludes halogenated alkanes) is 4. The molecule has 0 radical (unpaired) electrons. The van der Waals surface area contributed by atoms with Gasteiger partial charge < -0.3 is 27.7 Å². The molecule has 4 nitrogen and oxygen atoms in total. The molecule has 0 aliphatic rings. The fourth-order valence-corrected chi connectivity index (χ4v) is 0.474. The summed E-state index contributed by atoms with van der Waals surface area (Å²) in [5, 5.41) is 24.2. The summed E-state index contributed by atoms with van der Waals surface area (Å²) in [6.45, 7) is 12.9. The van der Waals surface area contributed by atoms with Gasteiger partial charge in [0, 0.05) is 41.5 Å². The van der Waals surface area contributed by atoms with Crippen LogP contribution < -0.4 is 0 Å². The van der Waals surface area contributed by atoms with Crippen LogP contribution in [0.2, 0.25) is 0 Å². The first-order chi connectivity index (χ1) is 9.16. The number of hydrogen-bond acceptors (Lipinski definition) is 3. The molecule has 0 atom stereocenters. The molecule has 0 amide bonds. The van der Waals surface area contributed by atoms with Crippen molar-refractivity contribution in [2.24, 2.45) is 0 Å². The van der Waals surface area contributed by atoms with Crippen LogP contribution in [0.1, 0.15) is 79.1 Å². The maximum Gasteiger partial charge on any atom is 0.0430 e. The van der Waals surface area contributed by atoms with Crippen molar-refractivity contribution in [1.82, 2.24) is 0 Å². The second-order valence-corrected chi connectivity index (χ2v) is 4.09. The van der Waals surface area contributed by atoms with Crippen molar-refractivity contribution < 1.29 is 42.5 Å². The third kappa shape index (κ3) is 124. The van der Waals surface area contributed by atoms with Gasteiger partial charge in [0.05, 0.1) is 0 Å². The van der Waals surface area contributed by atoms with Gasteiger partial charge in [-0.2, -0.15) is 6.42 Å². The molecule has 0 aliphatic heterocycles. The molecule has 134 valence electrons. The topological polar surface area (TPSA) is 92.2 Å². The van der Waals surface area contributed by atoms with Crippen LogP contribution in [-0.4, -0.2) is 40.6 Å². The molecule has 5 heteroatoms. The number of aliphatic hydroxyl groups excluding tert-OH is 3. The van der Waals surface area contributed by atoms with E-state index in [1.807, 2.05) is 0 Å². The van der Waals surface area contributed by atoms with Crippen LogP contribution in [0.3, 0.4) is 0 Å². The summed E-state index contributed by atoms with van der Waals surface area (Å²) in [6, 6.07) is 0. The van der Waals surface area contributed by atoms with Crippen LogP contribution in [0.4, 0.5) is 0 Å². The van der Waals surface area contributed by atoms with Gasteiger partial charge in [-0.25, -0.2) is 0 Å². The van der Waals surface area contributed by atoms with Gasteiger partial charge in [0.15, 0.2) is 0 Å². The zero-order valence-corrected chi connectivity index (χ0v) is 16.4. The minimum Gasteiger partial charge on any atom is -0.412 e. The average molecular weight is 345 g/mol. The van der Waals surface area contributed by atoms with Crippen LogP contribution in [0, 0.1) is 6.92 Å². The Hall–Kier alpha value is 0.554. The summed E-state index contributed by atoms with van der Waals surface area (Å²) in [4.78, 5) is 0. The molecule has 0 aromatic carbocycles. The SMILES string of the molecule is CCCCO.CCCCO.CCCCO.O.[CH2-]CCC.[Ti]. The summed E-state index contributed by atoms with van der Waals surface area (Å²) in [5.41, 5.74) is 0. The van der Waals surface area contributed by atoms with Crippen molar-refractivity contribution in [3.05, 3.63) is 6.92 Å². The summed E-state index contributed by atoms with van der Waals surface area (Å²) in [5.74, 6) is 0. The van der Waals surface area contributed by atoms with Gasteiger partial charge in [0.2, 0.25) is 0 Å². The Bertz CT molecular complexity index is 74.1. The van der Waals surface area contributed by atoms with Crippen molar-refractivity contribution in [3.63, 3.8) is 0 Å². The third-order valence-electron chi connectivity index (χ3n) is 1.89. The normalized spacial score (nSPS) is 7.43. The van der Waals surface area contributed by atoms with Crippen molar-refractivity contribution in [2.75, 3.05) is 19.8 Å². The Balaban J connectivity index is -0.0000000347. The maximum atomic E-state index is 8.07. The van der Waals surface area contributed by atoms with Gasteiger partial charge in [0.25, 0.3) is 0 Å². The fraction of sp³-hybridized carbons (Fsp3) is 0.938. The summed E-state index contributed by atoms with van der Waals surface area (Å²) >= 11 is 0. The molecule has 0 heterocycles. The molecule has 0 aromatic heterocycles. The summed E-state index contributed by atoms with van der Waals surface area (Å²) in [7, 11) is 0. The second kappa shape index (κ2) is 58.9. The molecule has 5 N–H and O–H groups in total. The number of hydrogen-bond donors (Lipinski definition) is 3. The van der Waals surface area contributed by atoms with E-state index in [2.05, 4.69) is 34.6 Å². The minimum atomic E-state index is 0. The van der Waals surface area contributed by atoms with Crippen LogP contribution in [0.25, 0.3) is 0 Å². The van der Waals surface area contributed by atoms with E-state index >= 15 is 0 Å². The first-order valence-corrected chi connectivity index (χ1v) is 7.78. The Morgan fingerprint density at radius 1 is 0.619 bits per heavy atom. The summed E-state index contributed by atoms with van der Waals surface area (Å²) < 4.78 is 0. The second-order valence-electron chi connectivity index (χ2n) is 4.09. The molecule has 0 spiro atoms. The average Bonchev–Trinajstić information content (AvgIpc) is 2.43. The smallest absolute Gasteiger partial charge is 0.0430 e. The van der Waals surface area contributed by atoms with Gasteiger partial charge in [-0.15, -0.1) is 0 Å². The van der Waals surface area contributed by atoms with Crippen LogP contribution in [-0.2, 0) is 21.7 Å². The number of aliphatic hydroxyl groups is 3. The molecular weight excluding hydrogens is 304 g/mol. The molecule has 0 aliphatic carbocycles. The Morgan fingerprint density at radius 3 is 0.810 bits per heavy atom. The van der Waals surface area contributed by atoms with E-state index < -0.39 is 0 Å². The Labute approximate surface area is 148 Å². The van der Waals surface area contributed by atoms with Crippen molar-refractivity contribution in [2.45, 2.75) is 79.1 Å². The largest absolute Gasteiger partial charge is 0.412 e. The predicted octanol–water partition coefficient (Wildman–Crippen LogP) is 3.13. The van der Waals surface area contributed by atoms with Gasteiger partial charge in [-0.3, -0.25) is 0 Å². The molecule has 21 heavy (non-hydrogen) atoms. The van der Waals surface area contributed by atoms with Crippen molar-refractivity contribution in [1.29, 1.82) is 0 Å². The molecule has 0 rings (SSSR count). The maximum absolute atomic E-state index is 8.07. The van der Waals surface area contributed by atoms with E-state index in [1.165, 1.54) is 6.42 Å². The van der Waals surface area contributed by atoms with Crippen molar-refractivity contribution >= 4 is 0 Å². The molecule has 0 bridgehead atoms. The molecule has 0 fully saturated rings. The van der Waals surface area contributed by atoms with Gasteiger partial charge in [-0.05, 0) is 19.3 Å². The van der Waals surface area contributed by atoms with E-state index in [-0.39, 0.29) is 27.2 Å².